The van der Waals surface area contributed by atoms with Gasteiger partial charge in [0, 0.05) is 11.8 Å². The summed E-state index contributed by atoms with van der Waals surface area (Å²) in [7, 11) is 0. The molecule has 1 aromatic carbocycles. The predicted octanol–water partition coefficient (Wildman–Crippen LogP) is 3.34. The van der Waals surface area contributed by atoms with Gasteiger partial charge in [0.1, 0.15) is 0 Å². The summed E-state index contributed by atoms with van der Waals surface area (Å²) >= 11 is 0. The van der Waals surface area contributed by atoms with E-state index in [4.69, 9.17) is 0 Å². The van der Waals surface area contributed by atoms with Gasteiger partial charge in [-0.2, -0.15) is 0 Å². The van der Waals surface area contributed by atoms with Gasteiger partial charge in [0.25, 0.3) is 0 Å². The fourth-order valence-electron chi connectivity index (χ4n) is 2.14. The zero-order valence-electron chi connectivity index (χ0n) is 12.6. The quantitative estimate of drug-likeness (QED) is 0.816. The van der Waals surface area contributed by atoms with Crippen LogP contribution in [-0.4, -0.2) is 17.0 Å². The number of aliphatic carboxylic acids is 1. The van der Waals surface area contributed by atoms with Crippen molar-refractivity contribution >= 4 is 17.6 Å². The molecule has 112 valence electrons. The number of carboxylic acids is 1. The van der Waals surface area contributed by atoms with Gasteiger partial charge >= 0.3 is 5.97 Å². The van der Waals surface area contributed by atoms with Crippen molar-refractivity contribution in [3.8, 4) is 0 Å². The Balaban J connectivity index is 2.04. The van der Waals surface area contributed by atoms with Crippen molar-refractivity contribution < 1.29 is 14.7 Å². The molecule has 0 radical (unpaired) electrons. The highest BCUT2D eigenvalue weighted by Crippen LogP contribution is 2.35. The van der Waals surface area contributed by atoms with Crippen LogP contribution < -0.4 is 5.32 Å². The first-order valence-corrected chi connectivity index (χ1v) is 7.14. The zero-order valence-corrected chi connectivity index (χ0v) is 12.6. The lowest BCUT2D eigenvalue weighted by Crippen LogP contribution is -2.28. The Hall–Kier alpha value is -2.10. The highest BCUT2D eigenvalue weighted by Gasteiger charge is 2.29. The van der Waals surface area contributed by atoms with Crippen molar-refractivity contribution in [2.75, 3.05) is 5.32 Å². The van der Waals surface area contributed by atoms with Crippen molar-refractivity contribution in [3.63, 3.8) is 0 Å². The molecule has 1 amide bonds. The van der Waals surface area contributed by atoms with E-state index in [2.05, 4.69) is 5.32 Å². The molecule has 1 fully saturated rings. The van der Waals surface area contributed by atoms with Gasteiger partial charge in [-0.05, 0) is 57.2 Å². The maximum Gasteiger partial charge on any atom is 0.313 e. The Kier molecular flexibility index (Phi) is 4.16. The molecule has 0 spiro atoms. The Bertz CT molecular complexity index is 581. The van der Waals surface area contributed by atoms with Gasteiger partial charge in [-0.15, -0.1) is 0 Å². The minimum Gasteiger partial charge on any atom is -0.481 e. The summed E-state index contributed by atoms with van der Waals surface area (Å²) in [6, 6.07) is 6.94. The number of carbonyl (C=O) groups is 2. The zero-order chi connectivity index (χ0) is 15.6. The fourth-order valence-corrected chi connectivity index (χ4v) is 2.14. The van der Waals surface area contributed by atoms with Gasteiger partial charge in [-0.25, -0.2) is 0 Å². The van der Waals surface area contributed by atoms with E-state index >= 15 is 0 Å². The molecule has 2 rings (SSSR count). The maximum absolute atomic E-state index is 11.9. The molecule has 0 atom stereocenters. The van der Waals surface area contributed by atoms with Crippen LogP contribution in [0.5, 0.6) is 0 Å². The third-order valence-corrected chi connectivity index (χ3v) is 3.99. The first-order chi connectivity index (χ1) is 9.80. The molecule has 0 heterocycles. The highest BCUT2D eigenvalue weighted by molar-refractivity contribution is 5.99. The monoisotopic (exact) mass is 287 g/mol. The number of amides is 1. The molecule has 0 aromatic heterocycles. The molecule has 0 saturated heterocycles. The number of anilines is 1. The number of hydrogen-bond acceptors (Lipinski definition) is 2. The van der Waals surface area contributed by atoms with Gasteiger partial charge < -0.3 is 10.4 Å². The minimum absolute atomic E-state index is 0.135. The Morgan fingerprint density at radius 3 is 2.29 bits per heavy atom. The fraction of sp³-hybridized carbons (Fsp3) is 0.412. The number of benzene rings is 1. The van der Waals surface area contributed by atoms with Crippen LogP contribution in [0.15, 0.2) is 35.9 Å². The molecule has 0 aliphatic heterocycles. The van der Waals surface area contributed by atoms with E-state index in [1.165, 1.54) is 12.8 Å². The summed E-state index contributed by atoms with van der Waals surface area (Å²) in [6.07, 6.45) is 4.00. The van der Waals surface area contributed by atoms with Crippen molar-refractivity contribution in [2.45, 2.75) is 39.0 Å². The second kappa shape index (κ2) is 5.72. The molecule has 0 unspecified atom stereocenters. The molecular weight excluding hydrogens is 266 g/mol. The average molecular weight is 287 g/mol. The van der Waals surface area contributed by atoms with Gasteiger partial charge in [-0.3, -0.25) is 9.59 Å². The van der Waals surface area contributed by atoms with Crippen LogP contribution in [0.2, 0.25) is 0 Å². The summed E-state index contributed by atoms with van der Waals surface area (Å²) in [5.41, 5.74) is 1.56. The van der Waals surface area contributed by atoms with Crippen molar-refractivity contribution in [3.05, 3.63) is 41.5 Å². The first kappa shape index (κ1) is 15.3. The maximum atomic E-state index is 11.9. The third-order valence-electron chi connectivity index (χ3n) is 3.99. The van der Waals surface area contributed by atoms with E-state index in [0.29, 0.717) is 17.2 Å². The lowest BCUT2D eigenvalue weighted by atomic mass is 9.85. The summed E-state index contributed by atoms with van der Waals surface area (Å²) < 4.78 is 0. The smallest absolute Gasteiger partial charge is 0.313 e. The van der Waals surface area contributed by atoms with Crippen LogP contribution in [0.25, 0.3) is 0 Å². The third kappa shape index (κ3) is 3.72. The molecule has 0 bridgehead atoms. The molecule has 1 aromatic rings. The van der Waals surface area contributed by atoms with Crippen LogP contribution in [0.4, 0.5) is 5.69 Å². The summed E-state index contributed by atoms with van der Waals surface area (Å²) in [5, 5.41) is 12.0. The van der Waals surface area contributed by atoms with Crippen LogP contribution in [0.3, 0.4) is 0 Å². The van der Waals surface area contributed by atoms with Gasteiger partial charge in [0.05, 0.1) is 5.41 Å². The van der Waals surface area contributed by atoms with E-state index in [-0.39, 0.29) is 5.91 Å². The van der Waals surface area contributed by atoms with Gasteiger partial charge in [0.2, 0.25) is 5.91 Å². The number of allylic oxidation sites excluding steroid dienone is 1. The normalized spacial score (nSPS) is 15.7. The molecule has 2 N–H and O–H groups in total. The second-order valence-corrected chi connectivity index (χ2v) is 6.16. The molecule has 21 heavy (non-hydrogen) atoms. The SMILES string of the molecule is CC(=CC(=O)Nc1ccc(C(C)(C)C(=O)O)cc1)C1CC1. The Labute approximate surface area is 124 Å². The van der Waals surface area contributed by atoms with Crippen molar-refractivity contribution in [1.82, 2.24) is 0 Å². The van der Waals surface area contributed by atoms with Crippen LogP contribution in [-0.2, 0) is 15.0 Å². The number of rotatable bonds is 5. The average Bonchev–Trinajstić information content (AvgIpc) is 3.23. The van der Waals surface area contributed by atoms with Gasteiger partial charge in [-0.1, -0.05) is 17.7 Å². The van der Waals surface area contributed by atoms with E-state index in [9.17, 15) is 14.7 Å². The van der Waals surface area contributed by atoms with E-state index < -0.39 is 11.4 Å². The van der Waals surface area contributed by atoms with Crippen molar-refractivity contribution in [2.24, 2.45) is 5.92 Å². The Morgan fingerprint density at radius 2 is 1.81 bits per heavy atom. The summed E-state index contributed by atoms with van der Waals surface area (Å²) in [5.74, 6) is -0.429. The number of carboxylic acid groups (broad SMARTS) is 1. The molecule has 1 aliphatic rings. The molecular formula is C17H21NO3. The number of hydrogen-bond donors (Lipinski definition) is 2. The largest absolute Gasteiger partial charge is 0.481 e. The topological polar surface area (TPSA) is 66.4 Å². The van der Waals surface area contributed by atoms with Crippen molar-refractivity contribution in [1.29, 1.82) is 0 Å². The lowest BCUT2D eigenvalue weighted by Gasteiger charge is -2.19. The molecule has 4 heteroatoms. The Morgan fingerprint density at radius 1 is 1.24 bits per heavy atom. The number of carbonyl (C=O) groups excluding carboxylic acids is 1. The van der Waals surface area contributed by atoms with Crippen LogP contribution >= 0.6 is 0 Å². The second-order valence-electron chi connectivity index (χ2n) is 6.16. The number of nitrogens with one attached hydrogen (secondary N) is 1. The summed E-state index contributed by atoms with van der Waals surface area (Å²) in [6.45, 7) is 5.30. The first-order valence-electron chi connectivity index (χ1n) is 7.14. The van der Waals surface area contributed by atoms with E-state index in [0.717, 1.165) is 5.57 Å². The standard InChI is InChI=1S/C17H21NO3/c1-11(12-4-5-12)10-15(19)18-14-8-6-13(7-9-14)17(2,3)16(20)21/h6-10,12H,4-5H2,1-3H3,(H,18,19)(H,20,21). The summed E-state index contributed by atoms with van der Waals surface area (Å²) in [4.78, 5) is 23.1. The predicted molar refractivity (Wildman–Crippen MR) is 82.2 cm³/mol. The van der Waals surface area contributed by atoms with Crippen LogP contribution in [0, 0.1) is 5.92 Å². The van der Waals surface area contributed by atoms with Crippen LogP contribution in [0.1, 0.15) is 39.2 Å². The lowest BCUT2D eigenvalue weighted by molar-refractivity contribution is -0.142. The minimum atomic E-state index is -0.939. The molecule has 1 aliphatic carbocycles. The van der Waals surface area contributed by atoms with E-state index in [1.54, 1.807) is 44.2 Å². The molecule has 1 saturated carbocycles. The molecule has 4 nitrogen and oxygen atoms in total. The van der Waals surface area contributed by atoms with Gasteiger partial charge in [0.15, 0.2) is 0 Å². The van der Waals surface area contributed by atoms with E-state index in [1.807, 2.05) is 6.92 Å². The highest BCUT2D eigenvalue weighted by atomic mass is 16.4.